The molecule has 45 heavy (non-hydrogen) atoms. The highest BCUT2D eigenvalue weighted by molar-refractivity contribution is 5.31. The first-order chi connectivity index (χ1) is 20.7. The Balaban J connectivity index is 1.33. The maximum atomic E-state index is 12.1. The van der Waals surface area contributed by atoms with E-state index < -0.39 is 55.1 Å². The maximum Gasteiger partial charge on any atom is 0.187 e. The summed E-state index contributed by atoms with van der Waals surface area (Å²) < 4.78 is 11.7. The fourth-order valence-electron chi connectivity index (χ4n) is 11.2. The lowest BCUT2D eigenvalue weighted by atomic mass is 9.38. The van der Waals surface area contributed by atoms with Gasteiger partial charge in [-0.25, -0.2) is 0 Å². The second-order valence-electron chi connectivity index (χ2n) is 17.4. The minimum absolute atomic E-state index is 0.0463. The monoisotopic (exact) mass is 638 g/mol. The first kappa shape index (κ1) is 35.7. The third-order valence-corrected chi connectivity index (χ3v) is 14.5. The van der Waals surface area contributed by atoms with Crippen molar-refractivity contribution >= 4 is 0 Å². The standard InChI is InChI=1S/C36H62O9/c1-19(9-14-27(33(4,5)43)45-31-30(42)29(41)28(40)23(18-37)44-31)20-15-16-34(6)24-12-10-21-22(11-13-25(38)32(21,2)3)36(24,8)26(39)17-35(20,34)7/h10,19-20,22-31,37-43H,9,11-18H2,1-8H3/t19-,20-,22-,23-,24+,25-,26-,27-,28-,29+,30-,31+,34+,35-,36+/m1/s1. The van der Waals surface area contributed by atoms with E-state index in [1.54, 1.807) is 13.8 Å². The van der Waals surface area contributed by atoms with Crippen molar-refractivity contribution in [2.24, 2.45) is 45.3 Å². The van der Waals surface area contributed by atoms with Gasteiger partial charge in [0.05, 0.1) is 30.5 Å². The van der Waals surface area contributed by atoms with Crippen LogP contribution in [0, 0.1) is 45.3 Å². The third-order valence-electron chi connectivity index (χ3n) is 14.5. The van der Waals surface area contributed by atoms with Gasteiger partial charge in [0, 0.05) is 10.8 Å². The van der Waals surface area contributed by atoms with Gasteiger partial charge in [0.2, 0.25) is 0 Å². The Kier molecular flexibility index (Phi) is 9.56. The fraction of sp³-hybridized carbons (Fsp3) is 0.944. The predicted molar refractivity (Wildman–Crippen MR) is 170 cm³/mol. The van der Waals surface area contributed by atoms with Gasteiger partial charge in [-0.2, -0.15) is 0 Å². The van der Waals surface area contributed by atoms with E-state index in [1.807, 2.05) is 0 Å². The molecule has 15 atom stereocenters. The molecule has 4 aliphatic carbocycles. The van der Waals surface area contributed by atoms with Gasteiger partial charge in [0.15, 0.2) is 6.29 Å². The van der Waals surface area contributed by atoms with Crippen molar-refractivity contribution in [2.75, 3.05) is 6.61 Å². The van der Waals surface area contributed by atoms with E-state index >= 15 is 0 Å². The zero-order valence-corrected chi connectivity index (χ0v) is 28.8. The van der Waals surface area contributed by atoms with Crippen LogP contribution in [-0.4, -0.2) is 97.0 Å². The highest BCUT2D eigenvalue weighted by Crippen LogP contribution is 2.75. The van der Waals surface area contributed by atoms with Crippen molar-refractivity contribution in [3.63, 3.8) is 0 Å². The molecule has 260 valence electrons. The molecule has 9 heteroatoms. The molecule has 9 nitrogen and oxygen atoms in total. The summed E-state index contributed by atoms with van der Waals surface area (Å²) in [4.78, 5) is 0. The van der Waals surface area contributed by atoms with E-state index in [0.29, 0.717) is 18.3 Å². The minimum Gasteiger partial charge on any atom is -0.394 e. The zero-order chi connectivity index (χ0) is 33.5. The van der Waals surface area contributed by atoms with Crippen LogP contribution in [0.2, 0.25) is 0 Å². The number of rotatable bonds is 8. The molecule has 4 fully saturated rings. The summed E-state index contributed by atoms with van der Waals surface area (Å²) >= 11 is 0. The molecule has 0 bridgehead atoms. The van der Waals surface area contributed by atoms with Crippen LogP contribution in [0.5, 0.6) is 0 Å². The molecule has 1 saturated heterocycles. The minimum atomic E-state index is -1.54. The van der Waals surface area contributed by atoms with E-state index in [0.717, 1.165) is 44.9 Å². The molecular formula is C36H62O9. The first-order valence-electron chi connectivity index (χ1n) is 17.5. The molecule has 5 rings (SSSR count). The van der Waals surface area contributed by atoms with Crippen molar-refractivity contribution in [3.8, 4) is 0 Å². The van der Waals surface area contributed by atoms with E-state index in [1.165, 1.54) is 5.57 Å². The Morgan fingerprint density at radius 1 is 0.911 bits per heavy atom. The van der Waals surface area contributed by atoms with Gasteiger partial charge in [0.25, 0.3) is 0 Å². The van der Waals surface area contributed by atoms with Crippen molar-refractivity contribution in [1.82, 2.24) is 0 Å². The topological polar surface area (TPSA) is 160 Å². The molecule has 0 aromatic rings. The number of aliphatic hydroxyl groups is 7. The second-order valence-corrected chi connectivity index (χ2v) is 17.4. The summed E-state index contributed by atoms with van der Waals surface area (Å²) in [5.41, 5.74) is -0.481. The van der Waals surface area contributed by atoms with Crippen molar-refractivity contribution in [2.45, 2.75) is 161 Å². The van der Waals surface area contributed by atoms with Crippen molar-refractivity contribution < 1.29 is 45.2 Å². The SMILES string of the molecule is C[C@H](CC[C@@H](O[C@@H]1O[C@H](CO)[C@@H](O)[C@H](O)[C@H]1O)C(C)(C)O)[C@H]1CC[C@@]2(C)[C@@H]3CC=C4[C@@H](CC[C@@H](O)C4(C)C)[C@]3(C)[C@H](O)C[C@]12C. The number of hydrogen-bond donors (Lipinski definition) is 7. The summed E-state index contributed by atoms with van der Waals surface area (Å²) in [5, 5.41) is 74.7. The van der Waals surface area contributed by atoms with E-state index in [-0.39, 0.29) is 39.6 Å². The summed E-state index contributed by atoms with van der Waals surface area (Å²) in [6, 6.07) is 0. The number of hydrogen-bond acceptors (Lipinski definition) is 9. The molecule has 0 amide bonds. The number of ether oxygens (including phenoxy) is 2. The average Bonchev–Trinajstić information content (AvgIpc) is 3.22. The van der Waals surface area contributed by atoms with Crippen LogP contribution in [0.15, 0.2) is 11.6 Å². The Hall–Kier alpha value is -0.620. The predicted octanol–water partition coefficient (Wildman–Crippen LogP) is 3.30. The van der Waals surface area contributed by atoms with Crippen LogP contribution in [0.25, 0.3) is 0 Å². The van der Waals surface area contributed by atoms with Gasteiger partial charge >= 0.3 is 0 Å². The fourth-order valence-corrected chi connectivity index (χ4v) is 11.2. The molecule has 7 N–H and O–H groups in total. The van der Waals surface area contributed by atoms with Gasteiger partial charge < -0.3 is 45.2 Å². The van der Waals surface area contributed by atoms with Crippen LogP contribution in [0.3, 0.4) is 0 Å². The molecule has 3 saturated carbocycles. The molecule has 0 spiro atoms. The molecule has 5 aliphatic rings. The van der Waals surface area contributed by atoms with Gasteiger partial charge in [0.1, 0.15) is 24.4 Å². The summed E-state index contributed by atoms with van der Waals surface area (Å²) in [6.45, 7) is 16.5. The van der Waals surface area contributed by atoms with E-state index in [2.05, 4.69) is 47.6 Å². The van der Waals surface area contributed by atoms with Gasteiger partial charge in [-0.1, -0.05) is 53.2 Å². The molecule has 0 aromatic heterocycles. The summed E-state index contributed by atoms with van der Waals surface area (Å²) in [7, 11) is 0. The maximum absolute atomic E-state index is 12.1. The summed E-state index contributed by atoms with van der Waals surface area (Å²) in [5.74, 6) is 1.26. The molecule has 0 aromatic carbocycles. The normalized spacial score (nSPS) is 49.4. The first-order valence-corrected chi connectivity index (χ1v) is 17.5. The van der Waals surface area contributed by atoms with Crippen LogP contribution >= 0.6 is 0 Å². The van der Waals surface area contributed by atoms with Crippen LogP contribution in [0.4, 0.5) is 0 Å². The highest BCUT2D eigenvalue weighted by Gasteiger charge is 2.70. The molecular weight excluding hydrogens is 576 g/mol. The lowest BCUT2D eigenvalue weighted by Gasteiger charge is -2.67. The van der Waals surface area contributed by atoms with Gasteiger partial charge in [-0.05, 0) is 99.7 Å². The highest BCUT2D eigenvalue weighted by atomic mass is 16.7. The van der Waals surface area contributed by atoms with Gasteiger partial charge in [-0.3, -0.25) is 0 Å². The van der Waals surface area contributed by atoms with Crippen LogP contribution in [-0.2, 0) is 9.47 Å². The van der Waals surface area contributed by atoms with Crippen molar-refractivity contribution in [1.29, 1.82) is 0 Å². The largest absolute Gasteiger partial charge is 0.394 e. The Morgan fingerprint density at radius 3 is 2.20 bits per heavy atom. The Bertz CT molecular complexity index is 1100. The van der Waals surface area contributed by atoms with Gasteiger partial charge in [-0.15, -0.1) is 0 Å². The van der Waals surface area contributed by atoms with E-state index in [4.69, 9.17) is 9.47 Å². The number of fused-ring (bicyclic) bond motifs is 5. The Labute approximate surface area is 270 Å². The number of allylic oxidation sites excluding steroid dienone is 1. The average molecular weight is 639 g/mol. The zero-order valence-electron chi connectivity index (χ0n) is 28.8. The molecule has 1 aliphatic heterocycles. The quantitative estimate of drug-likeness (QED) is 0.198. The summed E-state index contributed by atoms with van der Waals surface area (Å²) in [6.07, 6.45) is 0.736. The lowest BCUT2D eigenvalue weighted by Crippen LogP contribution is -2.64. The third kappa shape index (κ3) is 5.48. The lowest BCUT2D eigenvalue weighted by molar-refractivity contribution is -0.322. The molecule has 0 unspecified atom stereocenters. The van der Waals surface area contributed by atoms with Crippen LogP contribution in [0.1, 0.15) is 107 Å². The van der Waals surface area contributed by atoms with E-state index in [9.17, 15) is 35.7 Å². The van der Waals surface area contributed by atoms with Crippen molar-refractivity contribution in [3.05, 3.63) is 11.6 Å². The molecule has 1 heterocycles. The smallest absolute Gasteiger partial charge is 0.187 e. The number of aliphatic hydroxyl groups excluding tert-OH is 6. The molecule has 0 radical (unpaired) electrons. The second kappa shape index (κ2) is 12.1. The Morgan fingerprint density at radius 2 is 1.58 bits per heavy atom. The van der Waals surface area contributed by atoms with Crippen LogP contribution < -0.4 is 0 Å².